The zero-order chi connectivity index (χ0) is 22.4. The fraction of sp³-hybridized carbons (Fsp3) is 0.677. The molecule has 0 spiro atoms. The van der Waals surface area contributed by atoms with Crippen molar-refractivity contribution >= 4 is 10.8 Å². The standard InChI is InChI=1S/C31H50/c1-5-8-11-12-13-14-20-27(4)31(25-17-9-6-2,26-18-10-7-3)30-24-19-22-28-21-15-16-23-29(28)30/h15-16,19,21-24,27H,5-14,17-18,20,25-26H2,1-4H3. The summed E-state index contributed by atoms with van der Waals surface area (Å²) in [5, 5.41) is 2.93. The molecule has 0 saturated carbocycles. The minimum atomic E-state index is 0.328. The van der Waals surface area contributed by atoms with E-state index in [0.717, 1.165) is 5.92 Å². The first kappa shape index (κ1) is 26.0. The van der Waals surface area contributed by atoms with Crippen LogP contribution in [0.5, 0.6) is 0 Å². The summed E-state index contributed by atoms with van der Waals surface area (Å²) in [6.07, 6.45) is 20.6. The molecule has 0 heteroatoms. The van der Waals surface area contributed by atoms with Crippen LogP contribution in [0.3, 0.4) is 0 Å². The molecule has 2 rings (SSSR count). The normalized spacial score (nSPS) is 13.0. The van der Waals surface area contributed by atoms with Crippen molar-refractivity contribution in [3.8, 4) is 0 Å². The predicted molar refractivity (Wildman–Crippen MR) is 141 cm³/mol. The van der Waals surface area contributed by atoms with E-state index in [-0.39, 0.29) is 0 Å². The van der Waals surface area contributed by atoms with Gasteiger partial charge >= 0.3 is 0 Å². The van der Waals surface area contributed by atoms with E-state index >= 15 is 0 Å². The van der Waals surface area contributed by atoms with Crippen LogP contribution >= 0.6 is 0 Å². The highest BCUT2D eigenvalue weighted by Gasteiger charge is 2.37. The van der Waals surface area contributed by atoms with E-state index in [4.69, 9.17) is 0 Å². The van der Waals surface area contributed by atoms with Gasteiger partial charge in [0.2, 0.25) is 0 Å². The van der Waals surface area contributed by atoms with Crippen molar-refractivity contribution < 1.29 is 0 Å². The molecular weight excluding hydrogens is 372 g/mol. The van der Waals surface area contributed by atoms with Crippen molar-refractivity contribution in [2.24, 2.45) is 5.92 Å². The third kappa shape index (κ3) is 7.65. The number of hydrogen-bond acceptors (Lipinski definition) is 0. The van der Waals surface area contributed by atoms with Crippen LogP contribution in [0.25, 0.3) is 10.8 Å². The predicted octanol–water partition coefficient (Wildman–Crippen LogP) is 10.6. The van der Waals surface area contributed by atoms with Crippen LogP contribution in [0.4, 0.5) is 0 Å². The molecule has 1 atom stereocenters. The monoisotopic (exact) mass is 422 g/mol. The third-order valence-corrected chi connectivity index (χ3v) is 7.71. The summed E-state index contributed by atoms with van der Waals surface area (Å²) in [6.45, 7) is 9.59. The molecule has 0 aliphatic heterocycles. The molecule has 0 amide bonds. The molecule has 0 aromatic heterocycles. The molecule has 0 nitrogen and oxygen atoms in total. The molecule has 0 fully saturated rings. The molecular formula is C31H50. The Morgan fingerprint density at radius 1 is 0.613 bits per heavy atom. The maximum Gasteiger partial charge on any atom is -0.00152 e. The van der Waals surface area contributed by atoms with Gasteiger partial charge in [-0.1, -0.05) is 147 Å². The lowest BCUT2D eigenvalue weighted by atomic mass is 9.62. The van der Waals surface area contributed by atoms with Crippen molar-refractivity contribution in [1.82, 2.24) is 0 Å². The summed E-state index contributed by atoms with van der Waals surface area (Å²) < 4.78 is 0. The summed E-state index contributed by atoms with van der Waals surface area (Å²) in [4.78, 5) is 0. The lowest BCUT2D eigenvalue weighted by Crippen LogP contribution is -2.34. The highest BCUT2D eigenvalue weighted by Crippen LogP contribution is 2.46. The second-order valence-electron chi connectivity index (χ2n) is 10.1. The van der Waals surface area contributed by atoms with Gasteiger partial charge in [0.15, 0.2) is 0 Å². The van der Waals surface area contributed by atoms with Gasteiger partial charge in [-0.25, -0.2) is 0 Å². The summed E-state index contributed by atoms with van der Waals surface area (Å²) in [7, 11) is 0. The zero-order valence-electron chi connectivity index (χ0n) is 21.2. The van der Waals surface area contributed by atoms with Crippen LogP contribution in [0.1, 0.15) is 130 Å². The van der Waals surface area contributed by atoms with Crippen molar-refractivity contribution in [3.05, 3.63) is 48.0 Å². The maximum absolute atomic E-state index is 2.59. The van der Waals surface area contributed by atoms with Crippen molar-refractivity contribution in [1.29, 1.82) is 0 Å². The fourth-order valence-electron chi connectivity index (χ4n) is 5.70. The molecule has 2 aromatic carbocycles. The second-order valence-corrected chi connectivity index (χ2v) is 10.1. The molecule has 0 saturated heterocycles. The van der Waals surface area contributed by atoms with Gasteiger partial charge in [0, 0.05) is 0 Å². The first-order valence-corrected chi connectivity index (χ1v) is 13.7. The number of benzene rings is 2. The van der Waals surface area contributed by atoms with Gasteiger partial charge in [0.25, 0.3) is 0 Å². The Kier molecular flexibility index (Phi) is 12.3. The molecule has 0 radical (unpaired) electrons. The Hall–Kier alpha value is -1.30. The Morgan fingerprint density at radius 3 is 1.84 bits per heavy atom. The minimum Gasteiger partial charge on any atom is -0.0654 e. The van der Waals surface area contributed by atoms with E-state index in [0.29, 0.717) is 5.41 Å². The SMILES string of the molecule is CCCCCCCCC(C)C(CCCCC)(CCCCC)c1cccc2ccccc12. The third-order valence-electron chi connectivity index (χ3n) is 7.71. The molecule has 0 heterocycles. The quantitative estimate of drug-likeness (QED) is 0.222. The highest BCUT2D eigenvalue weighted by atomic mass is 14.4. The van der Waals surface area contributed by atoms with Gasteiger partial charge in [0.1, 0.15) is 0 Å². The minimum absolute atomic E-state index is 0.328. The maximum atomic E-state index is 2.59. The van der Waals surface area contributed by atoms with E-state index in [1.165, 1.54) is 107 Å². The largest absolute Gasteiger partial charge is 0.0654 e. The van der Waals surface area contributed by atoms with Crippen molar-refractivity contribution in [2.45, 2.75) is 129 Å². The van der Waals surface area contributed by atoms with E-state index < -0.39 is 0 Å². The van der Waals surface area contributed by atoms with Crippen LogP contribution in [0.15, 0.2) is 42.5 Å². The van der Waals surface area contributed by atoms with E-state index in [1.807, 2.05) is 0 Å². The lowest BCUT2D eigenvalue weighted by molar-refractivity contribution is 0.217. The Morgan fingerprint density at radius 2 is 1.16 bits per heavy atom. The van der Waals surface area contributed by atoms with Gasteiger partial charge in [0.05, 0.1) is 0 Å². The summed E-state index contributed by atoms with van der Waals surface area (Å²) >= 11 is 0. The van der Waals surface area contributed by atoms with Gasteiger partial charge < -0.3 is 0 Å². The Balaban J connectivity index is 2.32. The summed E-state index contributed by atoms with van der Waals surface area (Å²) in [5.74, 6) is 0.748. The number of unbranched alkanes of at least 4 members (excludes halogenated alkanes) is 9. The number of fused-ring (bicyclic) bond motifs is 1. The van der Waals surface area contributed by atoms with E-state index in [2.05, 4.69) is 70.2 Å². The highest BCUT2D eigenvalue weighted by molar-refractivity contribution is 5.86. The molecule has 2 aromatic rings. The van der Waals surface area contributed by atoms with Gasteiger partial charge in [-0.05, 0) is 46.9 Å². The number of rotatable bonds is 17. The molecule has 0 bridgehead atoms. The second kappa shape index (κ2) is 14.7. The van der Waals surface area contributed by atoms with Crippen LogP contribution in [-0.2, 0) is 5.41 Å². The lowest BCUT2D eigenvalue weighted by Gasteiger charge is -2.42. The van der Waals surface area contributed by atoms with E-state index in [1.54, 1.807) is 5.56 Å². The Labute approximate surface area is 194 Å². The van der Waals surface area contributed by atoms with Crippen LogP contribution in [-0.4, -0.2) is 0 Å². The average molecular weight is 423 g/mol. The van der Waals surface area contributed by atoms with Crippen LogP contribution in [0, 0.1) is 5.92 Å². The van der Waals surface area contributed by atoms with Gasteiger partial charge in [-0.2, -0.15) is 0 Å². The molecule has 31 heavy (non-hydrogen) atoms. The average Bonchev–Trinajstić information content (AvgIpc) is 2.80. The van der Waals surface area contributed by atoms with E-state index in [9.17, 15) is 0 Å². The van der Waals surface area contributed by atoms with Gasteiger partial charge in [-0.15, -0.1) is 0 Å². The van der Waals surface area contributed by atoms with Crippen LogP contribution in [0.2, 0.25) is 0 Å². The first-order valence-electron chi connectivity index (χ1n) is 13.7. The molecule has 174 valence electrons. The molecule has 0 aliphatic carbocycles. The van der Waals surface area contributed by atoms with Gasteiger partial charge in [-0.3, -0.25) is 0 Å². The summed E-state index contributed by atoms with van der Waals surface area (Å²) in [6, 6.07) is 16.2. The molecule has 0 N–H and O–H groups in total. The fourth-order valence-corrected chi connectivity index (χ4v) is 5.70. The first-order chi connectivity index (χ1) is 15.2. The summed E-state index contributed by atoms with van der Waals surface area (Å²) in [5.41, 5.74) is 1.98. The zero-order valence-corrected chi connectivity index (χ0v) is 21.2. The smallest absolute Gasteiger partial charge is 0.00152 e. The Bertz CT molecular complexity index is 698. The van der Waals surface area contributed by atoms with Crippen molar-refractivity contribution in [2.75, 3.05) is 0 Å². The molecule has 0 aliphatic rings. The number of hydrogen-bond donors (Lipinski definition) is 0. The van der Waals surface area contributed by atoms with Crippen LogP contribution < -0.4 is 0 Å². The van der Waals surface area contributed by atoms with Crippen molar-refractivity contribution in [3.63, 3.8) is 0 Å². The molecule has 1 unspecified atom stereocenters. The topological polar surface area (TPSA) is 0 Å².